The van der Waals surface area contributed by atoms with E-state index < -0.39 is 6.10 Å². The third-order valence-electron chi connectivity index (χ3n) is 13.8. The zero-order valence-corrected chi connectivity index (χ0v) is 52.5. The van der Waals surface area contributed by atoms with Crippen LogP contribution in [0.1, 0.15) is 290 Å². The van der Waals surface area contributed by atoms with Crippen molar-refractivity contribution >= 4 is 17.9 Å². The van der Waals surface area contributed by atoms with Crippen LogP contribution in [-0.2, 0) is 28.6 Å². The number of ether oxygens (including phenoxy) is 3. The van der Waals surface area contributed by atoms with Gasteiger partial charge >= 0.3 is 17.9 Å². The maximum Gasteiger partial charge on any atom is 0.306 e. The average Bonchev–Trinajstić information content (AvgIpc) is 3.46. The van der Waals surface area contributed by atoms with Gasteiger partial charge in [-0.25, -0.2) is 0 Å². The van der Waals surface area contributed by atoms with E-state index in [1.165, 1.54) is 96.3 Å². The zero-order valence-electron chi connectivity index (χ0n) is 52.5. The van der Waals surface area contributed by atoms with E-state index in [1.807, 2.05) is 0 Å². The molecule has 0 aromatic carbocycles. The van der Waals surface area contributed by atoms with E-state index >= 15 is 0 Å². The van der Waals surface area contributed by atoms with Gasteiger partial charge in [0.1, 0.15) is 13.2 Å². The van der Waals surface area contributed by atoms with Gasteiger partial charge in [0.05, 0.1) is 0 Å². The van der Waals surface area contributed by atoms with E-state index in [1.54, 1.807) is 0 Å². The monoisotopic (exact) mass is 1120 g/mol. The molecule has 0 saturated heterocycles. The number of carbonyl (C=O) groups excluding carboxylic acids is 3. The lowest BCUT2D eigenvalue weighted by atomic mass is 10.0. The largest absolute Gasteiger partial charge is 0.462 e. The summed E-state index contributed by atoms with van der Waals surface area (Å²) in [6.07, 6.45) is 97.2. The van der Waals surface area contributed by atoms with Crippen molar-refractivity contribution in [2.75, 3.05) is 13.2 Å². The van der Waals surface area contributed by atoms with Crippen molar-refractivity contribution in [3.05, 3.63) is 146 Å². The second-order valence-corrected chi connectivity index (χ2v) is 21.6. The first kappa shape index (κ1) is 76.3. The molecule has 0 bridgehead atoms. The van der Waals surface area contributed by atoms with Crippen LogP contribution in [0.3, 0.4) is 0 Å². The van der Waals surface area contributed by atoms with Crippen LogP contribution in [0.4, 0.5) is 0 Å². The quantitative estimate of drug-likeness (QED) is 0.0261. The van der Waals surface area contributed by atoms with E-state index in [4.69, 9.17) is 14.2 Å². The van der Waals surface area contributed by atoms with Crippen LogP contribution in [0.2, 0.25) is 0 Å². The number of hydrogen-bond donors (Lipinski definition) is 0. The Kier molecular flexibility index (Phi) is 63.9. The van der Waals surface area contributed by atoms with Crippen molar-refractivity contribution in [2.24, 2.45) is 0 Å². The lowest BCUT2D eigenvalue weighted by molar-refractivity contribution is -0.167. The normalized spacial score (nSPS) is 13.1. The fourth-order valence-electron chi connectivity index (χ4n) is 8.86. The van der Waals surface area contributed by atoms with Gasteiger partial charge < -0.3 is 14.2 Å². The molecule has 0 fully saturated rings. The van der Waals surface area contributed by atoms with E-state index in [9.17, 15) is 14.4 Å². The van der Waals surface area contributed by atoms with Crippen LogP contribution < -0.4 is 0 Å². The predicted octanol–water partition coefficient (Wildman–Crippen LogP) is 23.1. The molecule has 6 nitrogen and oxygen atoms in total. The summed E-state index contributed by atoms with van der Waals surface area (Å²) in [7, 11) is 0. The molecule has 0 aromatic heterocycles. The Morgan fingerprint density at radius 2 is 0.506 bits per heavy atom. The van der Waals surface area contributed by atoms with Gasteiger partial charge in [0.15, 0.2) is 6.10 Å². The summed E-state index contributed by atoms with van der Waals surface area (Å²) in [5.41, 5.74) is 0. The smallest absolute Gasteiger partial charge is 0.306 e. The Labute approximate surface area is 499 Å². The van der Waals surface area contributed by atoms with Crippen LogP contribution >= 0.6 is 0 Å². The third-order valence-corrected chi connectivity index (χ3v) is 13.8. The minimum Gasteiger partial charge on any atom is -0.462 e. The zero-order chi connectivity index (χ0) is 58.5. The van der Waals surface area contributed by atoms with E-state index in [0.717, 1.165) is 148 Å². The molecule has 0 heterocycles. The molecule has 0 aliphatic carbocycles. The van der Waals surface area contributed by atoms with Gasteiger partial charge in [-0.1, -0.05) is 295 Å². The molecular formula is C75H122O6. The Morgan fingerprint density at radius 3 is 0.827 bits per heavy atom. The molecule has 0 aliphatic rings. The maximum absolute atomic E-state index is 12.9. The van der Waals surface area contributed by atoms with Crippen LogP contribution in [0.25, 0.3) is 0 Å². The number of unbranched alkanes of at least 4 members (excludes halogenated alkanes) is 24. The van der Waals surface area contributed by atoms with Crippen LogP contribution in [0.5, 0.6) is 0 Å². The SMILES string of the molecule is CC/C=C\C/C=C\C/C=C\C/C=C\C/C=C\C/C=C\C/C=C\C/C=C\C/C=C\C/C=C\CCCCC(=O)OCC(COC(=O)CCCCCCC/C=C\C/C=C\CCC)OC(=O)CCCCCCCCCCCCCCCCCCC. The first-order valence-electron chi connectivity index (χ1n) is 33.3. The summed E-state index contributed by atoms with van der Waals surface area (Å²) >= 11 is 0. The Hall–Kier alpha value is -4.71. The summed E-state index contributed by atoms with van der Waals surface area (Å²) < 4.78 is 16.9. The lowest BCUT2D eigenvalue weighted by Gasteiger charge is -2.18. The van der Waals surface area contributed by atoms with Crippen molar-refractivity contribution in [1.82, 2.24) is 0 Å². The first-order chi connectivity index (χ1) is 40.0. The molecule has 0 rings (SSSR count). The van der Waals surface area contributed by atoms with E-state index in [-0.39, 0.29) is 31.1 Å². The summed E-state index contributed by atoms with van der Waals surface area (Å²) in [4.78, 5) is 38.3. The van der Waals surface area contributed by atoms with Gasteiger partial charge in [-0.2, -0.15) is 0 Å². The van der Waals surface area contributed by atoms with Crippen LogP contribution in [0.15, 0.2) is 146 Å². The Morgan fingerprint density at radius 1 is 0.259 bits per heavy atom. The topological polar surface area (TPSA) is 78.9 Å². The number of carbonyl (C=O) groups is 3. The van der Waals surface area contributed by atoms with E-state index in [2.05, 4.69) is 167 Å². The summed E-state index contributed by atoms with van der Waals surface area (Å²) in [5, 5.41) is 0. The van der Waals surface area contributed by atoms with Gasteiger partial charge in [-0.05, 0) is 122 Å². The molecule has 0 saturated carbocycles. The fraction of sp³-hybridized carbons (Fsp3) is 0.640. The van der Waals surface area contributed by atoms with Crippen molar-refractivity contribution < 1.29 is 28.6 Å². The lowest BCUT2D eigenvalue weighted by Crippen LogP contribution is -2.30. The first-order valence-corrected chi connectivity index (χ1v) is 33.3. The maximum atomic E-state index is 12.9. The van der Waals surface area contributed by atoms with Crippen LogP contribution in [-0.4, -0.2) is 37.2 Å². The highest BCUT2D eigenvalue weighted by molar-refractivity contribution is 5.71. The molecule has 0 aromatic rings. The average molecular weight is 1120 g/mol. The van der Waals surface area contributed by atoms with Gasteiger partial charge in [0.2, 0.25) is 0 Å². The molecule has 81 heavy (non-hydrogen) atoms. The minimum absolute atomic E-state index is 0.101. The number of rotatable bonds is 59. The molecule has 0 spiro atoms. The fourth-order valence-corrected chi connectivity index (χ4v) is 8.86. The minimum atomic E-state index is -0.806. The number of allylic oxidation sites excluding steroid dienone is 24. The third kappa shape index (κ3) is 66.0. The summed E-state index contributed by atoms with van der Waals surface area (Å²) in [5.74, 6) is -0.956. The molecule has 0 aliphatic heterocycles. The Bertz CT molecular complexity index is 1760. The summed E-state index contributed by atoms with van der Waals surface area (Å²) in [6.45, 7) is 6.43. The molecular weight excluding hydrogens is 997 g/mol. The molecule has 0 N–H and O–H groups in total. The van der Waals surface area contributed by atoms with Gasteiger partial charge in [-0.3, -0.25) is 14.4 Å². The van der Waals surface area contributed by atoms with Crippen molar-refractivity contribution in [1.29, 1.82) is 0 Å². The van der Waals surface area contributed by atoms with Crippen LogP contribution in [0, 0.1) is 0 Å². The predicted molar refractivity (Wildman–Crippen MR) is 352 cm³/mol. The molecule has 6 heteroatoms. The van der Waals surface area contributed by atoms with Crippen molar-refractivity contribution in [2.45, 2.75) is 297 Å². The van der Waals surface area contributed by atoms with Crippen molar-refractivity contribution in [3.8, 4) is 0 Å². The number of esters is 3. The number of hydrogen-bond acceptors (Lipinski definition) is 6. The summed E-state index contributed by atoms with van der Waals surface area (Å²) in [6, 6.07) is 0. The van der Waals surface area contributed by atoms with Gasteiger partial charge in [-0.15, -0.1) is 0 Å². The molecule has 1 atom stereocenters. The highest BCUT2D eigenvalue weighted by Crippen LogP contribution is 2.16. The molecule has 0 radical (unpaired) electrons. The molecule has 1 unspecified atom stereocenters. The van der Waals surface area contributed by atoms with Gasteiger partial charge in [0.25, 0.3) is 0 Å². The highest BCUT2D eigenvalue weighted by Gasteiger charge is 2.19. The second-order valence-electron chi connectivity index (χ2n) is 21.6. The van der Waals surface area contributed by atoms with E-state index in [0.29, 0.717) is 25.7 Å². The highest BCUT2D eigenvalue weighted by atomic mass is 16.6. The van der Waals surface area contributed by atoms with Crippen molar-refractivity contribution in [3.63, 3.8) is 0 Å². The Balaban J connectivity index is 4.38. The van der Waals surface area contributed by atoms with Gasteiger partial charge in [0, 0.05) is 19.3 Å². The molecule has 458 valence electrons. The second kappa shape index (κ2) is 67.8. The molecule has 0 amide bonds. The standard InChI is InChI=1S/C75H122O6/c1-4-7-10-13-16-19-22-25-27-29-30-31-32-33-34-35-36-37-38-39-40-41-42-43-44-46-47-50-53-56-59-62-65-68-74(77)80-71-72(70-79-73(76)67-64-61-58-55-52-49-24-21-18-15-12-9-6-3)81-75(78)69-66-63-60-57-54-51-48-45-28-26-23-20-17-14-11-8-5-2/h7,10,12,15-16,19,21,24-25,27,30-31,33-34,36-37,39-40,42-43,46-47,53,56,72H,4-6,8-9,11,13-14,17-18,20,22-23,26,28-29,32,35,38,41,44-45,48-52,54-55,57-71H2,1-3H3/b10-7-,15-12-,19-16-,24-21-,27-25-,31-30-,34-33-,37-36-,40-39-,43-42-,47-46-,56-53-.